The Hall–Kier alpha value is -4.85. The topological polar surface area (TPSA) is 1010 Å². The van der Waals surface area contributed by atoms with Crippen molar-refractivity contribution < 1.29 is 296 Å². The SMILES string of the molecule is CC(=O)N[C@@H]1[C@H](O[C@@H]2[C@@H](O[C@@H]3[C@H](O)[C@H](O[C@H]4[C@H](O)[C@@H](NC(C)=O)[C@H](O[C@H]5[C@H](O)[C@@H](NC(C)=O)C(O)O[C@@H]5CO[C@@H]5O[C@@H](C)[C@@H](O)[C@@H](O)[C@@H]5O)O[C@@H]4CO)O[C@H](CO[C@H]4O[C@H](CO[C@@H]5O[C@H](CO)[C@@H](O)[C@H](O[C@@H]6O[C@H](CO)[C@H](O)[C@H](O)[C@H]6O)[C@H]5NC(C)=O)[C@@H](O)[C@H](O)[C@@H]4O[C@@H]4O[C@H](CO)[C@@H](O)[C@H](O[C@@H]5O[C@H](CO)[C@H](O)[C@H](O)[C@H]5O)[C@H]4NC(C)=O)[C@H]3O)O[C@H](CO)[C@@H](O)[C@@H]2O)O[C@H](CO)[C@@H](O)[C@@H]1O[C@@H]1O[C@H](CO)[C@H](O)[C@H](O)[C@H]1O. The Balaban J connectivity index is 0.935. The van der Waals surface area contributed by atoms with E-state index in [1.54, 1.807) is 0 Å². The summed E-state index contributed by atoms with van der Waals surface area (Å²) in [6.45, 7) is -7.09. The van der Waals surface area contributed by atoms with Crippen molar-refractivity contribution in [2.75, 3.05) is 72.7 Å². The Morgan fingerprint density at radius 1 is 0.190 bits per heavy atom. The van der Waals surface area contributed by atoms with E-state index in [0.717, 1.165) is 34.6 Å². The number of carbonyl (C=O) groups excluding carboxylic acids is 5. The first-order valence-electron chi connectivity index (χ1n) is 47.0. The molecule has 0 saturated carbocycles. The molecule has 12 aliphatic rings. The molecule has 65 heteroatoms. The van der Waals surface area contributed by atoms with E-state index in [9.17, 15) is 187 Å². The van der Waals surface area contributed by atoms with Crippen molar-refractivity contribution in [1.82, 2.24) is 26.6 Å². The summed E-state index contributed by atoms with van der Waals surface area (Å²) in [5, 5.41) is 374. The van der Waals surface area contributed by atoms with Gasteiger partial charge in [0, 0.05) is 34.6 Å². The maximum atomic E-state index is 13.5. The molecule has 12 heterocycles. The van der Waals surface area contributed by atoms with Crippen LogP contribution >= 0.6 is 0 Å². The first-order valence-corrected chi connectivity index (χ1v) is 47.0. The second-order valence-corrected chi connectivity index (χ2v) is 37.4. The Morgan fingerprint density at radius 2 is 0.435 bits per heavy atom. The predicted octanol–water partition coefficient (Wildman–Crippen LogP) is -25.4. The van der Waals surface area contributed by atoms with E-state index in [4.69, 9.17) is 109 Å². The van der Waals surface area contributed by atoms with Crippen molar-refractivity contribution in [3.63, 3.8) is 0 Å². The van der Waals surface area contributed by atoms with Crippen molar-refractivity contribution in [2.45, 2.75) is 410 Å². The minimum Gasteiger partial charge on any atom is -0.394 e. The molecular formula is C82H137N5O60. The molecule has 60 atom stereocenters. The van der Waals surface area contributed by atoms with Crippen LogP contribution in [-0.2, 0) is 133 Å². The number of ether oxygens (including phenoxy) is 23. The zero-order valence-electron chi connectivity index (χ0n) is 79.2. The van der Waals surface area contributed by atoms with Gasteiger partial charge in [-0.2, -0.15) is 0 Å². The van der Waals surface area contributed by atoms with Crippen LogP contribution in [-0.4, -0.2) is 634 Å². The molecule has 65 nitrogen and oxygen atoms in total. The third kappa shape index (κ3) is 27.0. The monoisotopic (exact) mass is 2150 g/mol. The first kappa shape index (κ1) is 121. The smallest absolute Gasteiger partial charge is 0.217 e. The van der Waals surface area contributed by atoms with Crippen LogP contribution in [0, 0.1) is 0 Å². The second kappa shape index (κ2) is 52.8. The van der Waals surface area contributed by atoms with Crippen LogP contribution in [0.1, 0.15) is 41.5 Å². The zero-order valence-corrected chi connectivity index (χ0v) is 79.2. The molecular weight excluding hydrogens is 2010 g/mol. The van der Waals surface area contributed by atoms with Crippen LogP contribution in [0.25, 0.3) is 0 Å². The maximum absolute atomic E-state index is 13.5. The maximum Gasteiger partial charge on any atom is 0.217 e. The fourth-order valence-electron chi connectivity index (χ4n) is 19.0. The molecule has 12 fully saturated rings. The lowest BCUT2D eigenvalue weighted by molar-refractivity contribution is -0.399. The highest BCUT2D eigenvalue weighted by Crippen LogP contribution is 2.43. The average Bonchev–Trinajstić information content (AvgIpc) is 0.785. The molecule has 0 aromatic carbocycles. The van der Waals surface area contributed by atoms with Gasteiger partial charge >= 0.3 is 0 Å². The van der Waals surface area contributed by atoms with Crippen LogP contribution < -0.4 is 26.6 Å². The first-order chi connectivity index (χ1) is 69.5. The van der Waals surface area contributed by atoms with Crippen LogP contribution in [0.2, 0.25) is 0 Å². The van der Waals surface area contributed by atoms with Gasteiger partial charge in [0.05, 0.1) is 78.8 Å². The quantitative estimate of drug-likeness (QED) is 0.0273. The number of nitrogens with one attached hydrogen (secondary N) is 5. The van der Waals surface area contributed by atoms with Gasteiger partial charge in [-0.3, -0.25) is 24.0 Å². The summed E-state index contributed by atoms with van der Waals surface area (Å²) in [5.74, 6) is -5.00. The number of amides is 5. The molecule has 12 aliphatic heterocycles. The van der Waals surface area contributed by atoms with E-state index in [0.29, 0.717) is 0 Å². The number of hydrogen-bond acceptors (Lipinski definition) is 60. The predicted molar refractivity (Wildman–Crippen MR) is 452 cm³/mol. The Morgan fingerprint density at radius 3 is 0.857 bits per heavy atom. The fourth-order valence-corrected chi connectivity index (χ4v) is 19.0. The van der Waals surface area contributed by atoms with E-state index in [2.05, 4.69) is 26.6 Å². The minimum atomic E-state index is -2.77. The molecule has 147 heavy (non-hydrogen) atoms. The van der Waals surface area contributed by atoms with E-state index >= 15 is 0 Å². The molecule has 0 radical (unpaired) electrons. The molecule has 0 aliphatic carbocycles. The average molecular weight is 2150 g/mol. The molecule has 0 bridgehead atoms. The van der Waals surface area contributed by atoms with Gasteiger partial charge < -0.3 is 299 Å². The van der Waals surface area contributed by atoms with E-state index in [1.807, 2.05) is 0 Å². The van der Waals surface area contributed by atoms with Crippen LogP contribution in [0.3, 0.4) is 0 Å². The van der Waals surface area contributed by atoms with Crippen LogP contribution in [0.5, 0.6) is 0 Å². The van der Waals surface area contributed by atoms with Crippen molar-refractivity contribution >= 4 is 29.5 Å². The standard InChI is InChI=1S/C82H137N5O60/c1-18-40(101)52(113)58(119)76(128-18)126-17-34-64(50(111)35(71(124)129-34)83-19(2)96)140-73-36(84-20(3)97)51(112)63(31(14-95)137-73)141-80-62(123)68(145-82-70(56(117)44(105)27(10-91)136-82)147-75-39(87-23(6)100)67(48(109)30(13-94)132-75)144-79-61(122)55(116)43(104)26(9-90)135-79)49(110)33(138-80)16-127-81-69(146-74-38(86-22(5)99)66(47(108)29(12-93)131-74)143-78-60(121)54(115)42(103)25(8-89)134-78)57(118)45(106)32(139-81)15-125-72-37(85-21(4)98)65(46(107)28(11-92)130-72)142-77-59(120)53(114)41(102)24(7-88)133-77/h18,24-82,88-95,101-124H,7-17H2,1-6H3,(H,83,96)(H,84,97)(H,85,98)(H,86,99)(H,87,100)/t18-,24+,25+,26+,27+,28+,29+,30+,31+,32+,33+,34+,35+,36+,37+,38+,39-,40+,41-,42-,43-,44+,45+,46+,47+,48+,49+,50+,51+,52+,53-,54-,55-,56-,57-,58-,59+,60+,61+,62-,63+,64+,65+,66+,67+,68-,69-,70-,71?,72+,73-,74-,75-,76+,77-,78-,79-,80-,81-,82+/m0/s1. The Kier molecular flexibility index (Phi) is 43.4. The summed E-state index contributed by atoms with van der Waals surface area (Å²) >= 11 is 0. The van der Waals surface area contributed by atoms with E-state index in [-0.39, 0.29) is 0 Å². The number of hydrogen-bond donors (Lipinski definition) is 37. The van der Waals surface area contributed by atoms with Crippen molar-refractivity contribution in [3.05, 3.63) is 0 Å². The molecule has 12 saturated heterocycles. The highest BCUT2D eigenvalue weighted by molar-refractivity contribution is 5.75. The highest BCUT2D eigenvalue weighted by Gasteiger charge is 2.64. The number of aliphatic hydroxyl groups excluding tert-OH is 32. The third-order valence-corrected chi connectivity index (χ3v) is 27.0. The van der Waals surface area contributed by atoms with Gasteiger partial charge in [0.25, 0.3) is 0 Å². The molecule has 0 aromatic rings. The number of aliphatic hydroxyl groups is 32. The molecule has 5 amide bonds. The van der Waals surface area contributed by atoms with Gasteiger partial charge in [-0.25, -0.2) is 0 Å². The lowest BCUT2D eigenvalue weighted by Crippen LogP contribution is -2.71. The summed E-state index contributed by atoms with van der Waals surface area (Å²) in [6.07, 6.45) is -120. The van der Waals surface area contributed by atoms with E-state index < -0.39 is 470 Å². The van der Waals surface area contributed by atoms with Crippen LogP contribution in [0.4, 0.5) is 0 Å². The van der Waals surface area contributed by atoms with Crippen molar-refractivity contribution in [2.24, 2.45) is 0 Å². The molecule has 12 rings (SSSR count). The van der Waals surface area contributed by atoms with Crippen molar-refractivity contribution in [1.29, 1.82) is 0 Å². The summed E-state index contributed by atoms with van der Waals surface area (Å²) < 4.78 is 139. The van der Waals surface area contributed by atoms with Gasteiger partial charge in [0.1, 0.15) is 287 Å². The summed E-state index contributed by atoms with van der Waals surface area (Å²) in [4.78, 5) is 66.1. The van der Waals surface area contributed by atoms with Gasteiger partial charge in [-0.15, -0.1) is 0 Å². The number of carbonyl (C=O) groups is 5. The summed E-state index contributed by atoms with van der Waals surface area (Å²) in [7, 11) is 0. The lowest BCUT2D eigenvalue weighted by Gasteiger charge is -2.51. The molecule has 37 N–H and O–H groups in total. The summed E-state index contributed by atoms with van der Waals surface area (Å²) in [5.41, 5.74) is 0. The molecule has 0 spiro atoms. The van der Waals surface area contributed by atoms with Gasteiger partial charge in [0.2, 0.25) is 29.5 Å². The molecule has 1 unspecified atom stereocenters. The Bertz CT molecular complexity index is 4110. The van der Waals surface area contributed by atoms with Crippen LogP contribution in [0.15, 0.2) is 0 Å². The summed E-state index contributed by atoms with van der Waals surface area (Å²) in [6, 6.07) is -9.98. The van der Waals surface area contributed by atoms with E-state index in [1.165, 1.54) is 6.92 Å². The normalized spacial score (nSPS) is 49.6. The Labute approximate surface area is 832 Å². The van der Waals surface area contributed by atoms with Gasteiger partial charge in [-0.1, -0.05) is 0 Å². The van der Waals surface area contributed by atoms with Crippen molar-refractivity contribution in [3.8, 4) is 0 Å². The zero-order chi connectivity index (χ0) is 108. The largest absolute Gasteiger partial charge is 0.394 e. The lowest BCUT2D eigenvalue weighted by atomic mass is 9.93. The highest BCUT2D eigenvalue weighted by atomic mass is 16.8. The minimum absolute atomic E-state index is 0.878. The van der Waals surface area contributed by atoms with Gasteiger partial charge in [0.15, 0.2) is 75.5 Å². The second-order valence-electron chi connectivity index (χ2n) is 37.4. The molecule has 0 aromatic heterocycles. The van der Waals surface area contributed by atoms with Gasteiger partial charge in [-0.05, 0) is 6.92 Å². The number of rotatable bonds is 38. The fraction of sp³-hybridized carbons (Fsp3) is 0.939. The third-order valence-electron chi connectivity index (χ3n) is 27.0. The molecule has 850 valence electrons.